The van der Waals surface area contributed by atoms with Gasteiger partial charge in [0, 0.05) is 18.8 Å². The van der Waals surface area contributed by atoms with Gasteiger partial charge in [-0.2, -0.15) is 0 Å². The first-order chi connectivity index (χ1) is 15.0. The zero-order chi connectivity index (χ0) is 22.2. The molecule has 2 aromatic rings. The van der Waals surface area contributed by atoms with Gasteiger partial charge in [0.15, 0.2) is 5.96 Å². The number of thiazole rings is 1. The van der Waals surface area contributed by atoms with E-state index >= 15 is 0 Å². The minimum atomic E-state index is -0.325. The highest BCUT2D eigenvalue weighted by Gasteiger charge is 2.22. The molecular weight excluding hydrogens is 414 g/mol. The second-order valence-electron chi connectivity index (χ2n) is 7.51. The number of carbonyl (C=O) groups is 1. The van der Waals surface area contributed by atoms with Crippen molar-refractivity contribution in [1.29, 1.82) is 0 Å². The van der Waals surface area contributed by atoms with E-state index in [0.717, 1.165) is 23.7 Å². The standard InChI is InChI=1S/C22H31N5O3S/c1-5-23-22(25-12-17-9-10-24-18(11-17)30-13-16-7-8-16)27-15(4)20-26-14(3)19(31-20)21(28)29-6-2/h9-11,15-16H,5-8,12-13H2,1-4H3,(H2,23,25,27). The average molecular weight is 446 g/mol. The summed E-state index contributed by atoms with van der Waals surface area (Å²) in [5.74, 6) is 1.69. The molecule has 1 saturated carbocycles. The molecule has 1 aliphatic rings. The third-order valence-corrected chi connectivity index (χ3v) is 6.04. The van der Waals surface area contributed by atoms with Crippen molar-refractivity contribution in [3.8, 4) is 5.88 Å². The fraction of sp³-hybridized carbons (Fsp3) is 0.545. The van der Waals surface area contributed by atoms with Crippen molar-refractivity contribution in [3.63, 3.8) is 0 Å². The Morgan fingerprint density at radius 3 is 2.90 bits per heavy atom. The summed E-state index contributed by atoms with van der Waals surface area (Å²) in [5, 5.41) is 7.44. The number of aryl methyl sites for hydroxylation is 1. The van der Waals surface area contributed by atoms with Gasteiger partial charge >= 0.3 is 5.97 Å². The van der Waals surface area contributed by atoms with E-state index in [-0.39, 0.29) is 12.0 Å². The molecule has 1 aliphatic carbocycles. The first kappa shape index (κ1) is 23.0. The third-order valence-electron chi connectivity index (χ3n) is 4.72. The Balaban J connectivity index is 1.63. The number of hydrogen-bond acceptors (Lipinski definition) is 7. The van der Waals surface area contributed by atoms with Gasteiger partial charge in [-0.1, -0.05) is 0 Å². The summed E-state index contributed by atoms with van der Waals surface area (Å²) in [4.78, 5) is 26.1. The van der Waals surface area contributed by atoms with Crippen molar-refractivity contribution in [1.82, 2.24) is 20.6 Å². The van der Waals surface area contributed by atoms with Crippen molar-refractivity contribution in [2.75, 3.05) is 19.8 Å². The van der Waals surface area contributed by atoms with Gasteiger partial charge in [0.05, 0.1) is 31.5 Å². The summed E-state index contributed by atoms with van der Waals surface area (Å²) in [6, 6.07) is 3.77. The molecule has 2 heterocycles. The largest absolute Gasteiger partial charge is 0.477 e. The fourth-order valence-corrected chi connectivity index (χ4v) is 3.82. The van der Waals surface area contributed by atoms with Crippen molar-refractivity contribution >= 4 is 23.3 Å². The first-order valence-electron chi connectivity index (χ1n) is 10.8. The number of esters is 1. The Morgan fingerprint density at radius 1 is 1.39 bits per heavy atom. The van der Waals surface area contributed by atoms with Gasteiger partial charge in [-0.25, -0.2) is 19.8 Å². The van der Waals surface area contributed by atoms with Crippen molar-refractivity contribution in [2.24, 2.45) is 10.9 Å². The molecule has 1 fully saturated rings. The lowest BCUT2D eigenvalue weighted by atomic mass is 10.2. The number of carbonyl (C=O) groups excluding carboxylic acids is 1. The number of nitrogens with zero attached hydrogens (tertiary/aromatic N) is 3. The number of nitrogens with one attached hydrogen (secondary N) is 2. The number of aromatic nitrogens is 2. The van der Waals surface area contributed by atoms with Gasteiger partial charge in [-0.3, -0.25) is 0 Å². The number of ether oxygens (including phenoxy) is 2. The maximum absolute atomic E-state index is 12.1. The van der Waals surface area contributed by atoms with Crippen LogP contribution in [0.25, 0.3) is 0 Å². The number of guanidine groups is 1. The SMILES string of the molecule is CCNC(=NCc1ccnc(OCC2CC2)c1)NC(C)c1nc(C)c(C(=O)OCC)s1. The van der Waals surface area contributed by atoms with E-state index in [0.29, 0.717) is 41.5 Å². The zero-order valence-electron chi connectivity index (χ0n) is 18.6. The van der Waals surface area contributed by atoms with E-state index in [1.165, 1.54) is 24.2 Å². The summed E-state index contributed by atoms with van der Waals surface area (Å²) < 4.78 is 10.9. The fourth-order valence-electron chi connectivity index (χ4n) is 2.86. The van der Waals surface area contributed by atoms with Crippen LogP contribution in [0.1, 0.15) is 65.6 Å². The Bertz CT molecular complexity index is 910. The number of hydrogen-bond donors (Lipinski definition) is 2. The monoisotopic (exact) mass is 445 g/mol. The van der Waals surface area contributed by atoms with Crippen LogP contribution in [-0.2, 0) is 11.3 Å². The summed E-state index contributed by atoms with van der Waals surface area (Å²) in [5.41, 5.74) is 1.71. The molecule has 31 heavy (non-hydrogen) atoms. The van der Waals surface area contributed by atoms with Crippen LogP contribution < -0.4 is 15.4 Å². The molecule has 8 nitrogen and oxygen atoms in total. The number of rotatable bonds is 10. The van der Waals surface area contributed by atoms with Gasteiger partial charge < -0.3 is 20.1 Å². The molecule has 0 spiro atoms. The summed E-state index contributed by atoms with van der Waals surface area (Å²) in [6.45, 7) is 9.95. The van der Waals surface area contributed by atoms with Gasteiger partial charge in [-0.15, -0.1) is 11.3 Å². The molecule has 1 unspecified atom stereocenters. The Kier molecular flexibility index (Phi) is 8.22. The number of aliphatic imine (C=N–C) groups is 1. The van der Waals surface area contributed by atoms with E-state index in [4.69, 9.17) is 9.47 Å². The highest BCUT2D eigenvalue weighted by atomic mass is 32.1. The molecule has 1 atom stereocenters. The molecule has 0 saturated heterocycles. The quantitative estimate of drug-likeness (QED) is 0.327. The van der Waals surface area contributed by atoms with Crippen LogP contribution in [0, 0.1) is 12.8 Å². The van der Waals surface area contributed by atoms with E-state index in [2.05, 4.69) is 25.6 Å². The average Bonchev–Trinajstić information content (AvgIpc) is 3.50. The Hall–Kier alpha value is -2.68. The molecule has 168 valence electrons. The lowest BCUT2D eigenvalue weighted by molar-refractivity contribution is 0.0531. The van der Waals surface area contributed by atoms with Gasteiger partial charge in [0.2, 0.25) is 5.88 Å². The normalized spacial score (nSPS) is 14.8. The second-order valence-corrected chi connectivity index (χ2v) is 8.54. The van der Waals surface area contributed by atoms with Crippen LogP contribution in [0.4, 0.5) is 0 Å². The topological polar surface area (TPSA) is 97.7 Å². The summed E-state index contributed by atoms with van der Waals surface area (Å²) in [7, 11) is 0. The highest BCUT2D eigenvalue weighted by molar-refractivity contribution is 7.13. The lowest BCUT2D eigenvalue weighted by Crippen LogP contribution is -2.38. The minimum absolute atomic E-state index is 0.112. The van der Waals surface area contributed by atoms with Gasteiger partial charge in [-0.05, 0) is 58.1 Å². The third kappa shape index (κ3) is 6.92. The number of pyridine rings is 1. The molecule has 0 bridgehead atoms. The van der Waals surface area contributed by atoms with Crippen LogP contribution in [0.15, 0.2) is 23.3 Å². The van der Waals surface area contributed by atoms with E-state index in [1.807, 2.05) is 32.9 Å². The maximum atomic E-state index is 12.1. The minimum Gasteiger partial charge on any atom is -0.477 e. The molecule has 0 amide bonds. The smallest absolute Gasteiger partial charge is 0.350 e. The second kappa shape index (κ2) is 11.1. The molecule has 0 radical (unpaired) electrons. The van der Waals surface area contributed by atoms with E-state index in [9.17, 15) is 4.79 Å². The molecule has 3 rings (SSSR count). The molecule has 9 heteroatoms. The summed E-state index contributed by atoms with van der Waals surface area (Å²) >= 11 is 1.35. The zero-order valence-corrected chi connectivity index (χ0v) is 19.4. The van der Waals surface area contributed by atoms with Crippen LogP contribution in [0.3, 0.4) is 0 Å². The predicted octanol–water partition coefficient (Wildman–Crippen LogP) is 3.63. The Labute approximate surface area is 187 Å². The van der Waals surface area contributed by atoms with Crippen LogP contribution in [-0.4, -0.2) is 41.7 Å². The summed E-state index contributed by atoms with van der Waals surface area (Å²) in [6.07, 6.45) is 4.25. The van der Waals surface area contributed by atoms with Crippen molar-refractivity contribution in [3.05, 3.63) is 39.5 Å². The van der Waals surface area contributed by atoms with E-state index < -0.39 is 0 Å². The van der Waals surface area contributed by atoms with E-state index in [1.54, 1.807) is 13.1 Å². The predicted molar refractivity (Wildman–Crippen MR) is 122 cm³/mol. The van der Waals surface area contributed by atoms with Crippen LogP contribution in [0.2, 0.25) is 0 Å². The van der Waals surface area contributed by atoms with Crippen molar-refractivity contribution < 1.29 is 14.3 Å². The van der Waals surface area contributed by atoms with Crippen LogP contribution in [0.5, 0.6) is 5.88 Å². The van der Waals surface area contributed by atoms with Gasteiger partial charge in [0.25, 0.3) is 0 Å². The maximum Gasteiger partial charge on any atom is 0.350 e. The van der Waals surface area contributed by atoms with Crippen LogP contribution >= 0.6 is 11.3 Å². The molecule has 2 N–H and O–H groups in total. The highest BCUT2D eigenvalue weighted by Crippen LogP contribution is 2.29. The Morgan fingerprint density at radius 2 is 2.19 bits per heavy atom. The molecular formula is C22H31N5O3S. The molecule has 2 aromatic heterocycles. The van der Waals surface area contributed by atoms with Gasteiger partial charge in [0.1, 0.15) is 9.88 Å². The first-order valence-corrected chi connectivity index (χ1v) is 11.6. The lowest BCUT2D eigenvalue weighted by Gasteiger charge is -2.16. The molecule has 0 aliphatic heterocycles. The van der Waals surface area contributed by atoms with Crippen molar-refractivity contribution in [2.45, 2.75) is 53.1 Å². The molecule has 0 aromatic carbocycles.